The van der Waals surface area contributed by atoms with E-state index in [1.54, 1.807) is 0 Å². The molecule has 1 heterocycles. The van der Waals surface area contributed by atoms with Crippen molar-refractivity contribution in [3.63, 3.8) is 0 Å². The van der Waals surface area contributed by atoms with Gasteiger partial charge in [-0.25, -0.2) is 4.98 Å². The van der Waals surface area contributed by atoms with E-state index in [4.69, 9.17) is 14.7 Å². The number of ether oxygens (including phenoxy) is 1. The first kappa shape index (κ1) is 24.4. The number of hydrogen-bond donors (Lipinski definition) is 0. The summed E-state index contributed by atoms with van der Waals surface area (Å²) in [4.78, 5) is 9.61. The minimum absolute atomic E-state index is 0.572. The monoisotopic (exact) mass is 410 g/mol. The molecule has 3 nitrogen and oxygen atoms in total. The highest BCUT2D eigenvalue weighted by atomic mass is 16.5. The lowest BCUT2D eigenvalue weighted by Crippen LogP contribution is -2.20. The number of benzene rings is 1. The molecule has 0 radical (unpaired) electrons. The zero-order valence-corrected chi connectivity index (χ0v) is 20.1. The molecule has 30 heavy (non-hydrogen) atoms. The van der Waals surface area contributed by atoms with Gasteiger partial charge < -0.3 is 4.74 Å². The van der Waals surface area contributed by atoms with Gasteiger partial charge in [0, 0.05) is 5.69 Å². The molecule has 0 aliphatic heterocycles. The molecule has 0 aliphatic carbocycles. The van der Waals surface area contributed by atoms with Crippen LogP contribution in [0, 0.1) is 25.7 Å². The first-order chi connectivity index (χ1) is 14.5. The molecular weight excluding hydrogens is 368 g/mol. The van der Waals surface area contributed by atoms with Crippen molar-refractivity contribution in [3.05, 3.63) is 52.3 Å². The van der Waals surface area contributed by atoms with Crippen molar-refractivity contribution in [2.24, 2.45) is 11.8 Å². The van der Waals surface area contributed by atoms with Gasteiger partial charge in [-0.15, -0.1) is 0 Å². The van der Waals surface area contributed by atoms with Crippen molar-refractivity contribution in [1.82, 2.24) is 9.97 Å². The summed E-state index contributed by atoms with van der Waals surface area (Å²) in [6.07, 6.45) is 8.90. The van der Waals surface area contributed by atoms with Crippen molar-refractivity contribution < 1.29 is 4.74 Å². The van der Waals surface area contributed by atoms with Crippen molar-refractivity contribution in [3.8, 4) is 6.01 Å². The predicted molar refractivity (Wildman–Crippen MR) is 127 cm³/mol. The van der Waals surface area contributed by atoms with E-state index in [9.17, 15) is 0 Å². The standard InChI is InChI=1S/C27H42N2O/c1-7-13-24(20(4)9-3)19-30-27-28-22(6)25(14-8-2)26(29-27)18-12-17-23-16-11-10-15-21(23)5/h10-11,15-16,20,24H,7-9,12-14,17-19H2,1-6H3. The average Bonchev–Trinajstić information content (AvgIpc) is 2.74. The van der Waals surface area contributed by atoms with E-state index in [1.807, 2.05) is 0 Å². The summed E-state index contributed by atoms with van der Waals surface area (Å²) in [5, 5.41) is 0. The van der Waals surface area contributed by atoms with Crippen LogP contribution in [0.1, 0.15) is 87.9 Å². The summed E-state index contributed by atoms with van der Waals surface area (Å²) < 4.78 is 6.16. The van der Waals surface area contributed by atoms with Crippen LogP contribution in [-0.2, 0) is 19.3 Å². The van der Waals surface area contributed by atoms with Crippen LogP contribution in [0.4, 0.5) is 0 Å². The van der Waals surface area contributed by atoms with Crippen molar-refractivity contribution in [1.29, 1.82) is 0 Å². The Labute approximate surface area is 184 Å². The highest BCUT2D eigenvalue weighted by Crippen LogP contribution is 2.23. The maximum atomic E-state index is 6.16. The molecule has 0 saturated heterocycles. The average molecular weight is 411 g/mol. The minimum Gasteiger partial charge on any atom is -0.463 e. The zero-order valence-electron chi connectivity index (χ0n) is 20.1. The molecule has 0 spiro atoms. The fraction of sp³-hybridized carbons (Fsp3) is 0.630. The van der Waals surface area contributed by atoms with Crippen LogP contribution in [0.25, 0.3) is 0 Å². The molecule has 0 saturated carbocycles. The largest absolute Gasteiger partial charge is 0.463 e. The first-order valence-corrected chi connectivity index (χ1v) is 12.0. The second-order valence-corrected chi connectivity index (χ2v) is 8.79. The molecule has 2 rings (SSSR count). The van der Waals surface area contributed by atoms with E-state index in [0.717, 1.165) is 44.4 Å². The zero-order chi connectivity index (χ0) is 21.9. The summed E-state index contributed by atoms with van der Waals surface area (Å²) in [6, 6.07) is 9.26. The molecule has 2 unspecified atom stereocenters. The van der Waals surface area contributed by atoms with E-state index in [1.165, 1.54) is 41.6 Å². The molecule has 3 heteroatoms. The van der Waals surface area contributed by atoms with Crippen molar-refractivity contribution in [2.75, 3.05) is 6.61 Å². The molecule has 1 aromatic heterocycles. The van der Waals surface area contributed by atoms with Gasteiger partial charge >= 0.3 is 6.01 Å². The number of aryl methyl sites for hydroxylation is 4. The SMILES string of the molecule is CCCc1c(C)nc(OCC(CCC)C(C)CC)nc1CCCc1ccccc1C. The van der Waals surface area contributed by atoms with Gasteiger partial charge in [0.1, 0.15) is 0 Å². The normalized spacial score (nSPS) is 13.3. The van der Waals surface area contributed by atoms with Crippen LogP contribution in [-0.4, -0.2) is 16.6 Å². The van der Waals surface area contributed by atoms with Gasteiger partial charge in [-0.1, -0.05) is 71.2 Å². The third-order valence-corrected chi connectivity index (χ3v) is 6.43. The topological polar surface area (TPSA) is 35.0 Å². The van der Waals surface area contributed by atoms with Gasteiger partial charge in [0.05, 0.1) is 12.3 Å². The van der Waals surface area contributed by atoms with Crippen LogP contribution in [0.5, 0.6) is 6.01 Å². The lowest BCUT2D eigenvalue weighted by atomic mass is 9.89. The fourth-order valence-corrected chi connectivity index (χ4v) is 4.23. The van der Waals surface area contributed by atoms with Gasteiger partial charge in [-0.2, -0.15) is 4.98 Å². The molecule has 0 fully saturated rings. The van der Waals surface area contributed by atoms with Gasteiger partial charge in [0.2, 0.25) is 0 Å². The Morgan fingerprint density at radius 1 is 0.933 bits per heavy atom. The van der Waals surface area contributed by atoms with E-state index < -0.39 is 0 Å². The predicted octanol–water partition coefficient (Wildman–Crippen LogP) is 7.06. The summed E-state index contributed by atoms with van der Waals surface area (Å²) >= 11 is 0. The van der Waals surface area contributed by atoms with E-state index in [-0.39, 0.29) is 0 Å². The van der Waals surface area contributed by atoms with Crippen LogP contribution in [0.15, 0.2) is 24.3 Å². The second-order valence-electron chi connectivity index (χ2n) is 8.79. The van der Waals surface area contributed by atoms with E-state index in [2.05, 4.69) is 65.8 Å². The molecule has 0 N–H and O–H groups in total. The molecule has 1 aromatic carbocycles. The van der Waals surface area contributed by atoms with Crippen LogP contribution < -0.4 is 4.74 Å². The lowest BCUT2D eigenvalue weighted by molar-refractivity contribution is 0.176. The number of hydrogen-bond acceptors (Lipinski definition) is 3. The Bertz CT molecular complexity index is 771. The number of aromatic nitrogens is 2. The van der Waals surface area contributed by atoms with E-state index in [0.29, 0.717) is 17.8 Å². The smallest absolute Gasteiger partial charge is 0.316 e. The van der Waals surface area contributed by atoms with Crippen LogP contribution in [0.2, 0.25) is 0 Å². The molecule has 2 atom stereocenters. The Morgan fingerprint density at radius 3 is 2.37 bits per heavy atom. The minimum atomic E-state index is 0.572. The number of rotatable bonds is 13. The fourth-order valence-electron chi connectivity index (χ4n) is 4.23. The second kappa shape index (κ2) is 12.7. The summed E-state index contributed by atoms with van der Waals surface area (Å²) in [5.41, 5.74) is 6.41. The third-order valence-electron chi connectivity index (χ3n) is 6.43. The van der Waals surface area contributed by atoms with Gasteiger partial charge in [0.15, 0.2) is 0 Å². The molecule has 0 aliphatic rings. The van der Waals surface area contributed by atoms with E-state index >= 15 is 0 Å². The Balaban J connectivity index is 2.11. The Kier molecular flexibility index (Phi) is 10.3. The summed E-state index contributed by atoms with van der Waals surface area (Å²) in [6.45, 7) is 14.1. The highest BCUT2D eigenvalue weighted by molar-refractivity contribution is 5.28. The van der Waals surface area contributed by atoms with Crippen molar-refractivity contribution in [2.45, 2.75) is 92.9 Å². The molecule has 2 aromatic rings. The summed E-state index contributed by atoms with van der Waals surface area (Å²) in [7, 11) is 0. The Morgan fingerprint density at radius 2 is 1.70 bits per heavy atom. The Hall–Kier alpha value is -1.90. The summed E-state index contributed by atoms with van der Waals surface area (Å²) in [5.74, 6) is 1.24. The molecule has 166 valence electrons. The van der Waals surface area contributed by atoms with Gasteiger partial charge in [-0.05, 0) is 74.5 Å². The molecule has 0 bridgehead atoms. The number of nitrogens with zero attached hydrogens (tertiary/aromatic N) is 2. The lowest BCUT2D eigenvalue weighted by Gasteiger charge is -2.22. The van der Waals surface area contributed by atoms with Crippen LogP contribution >= 0.6 is 0 Å². The van der Waals surface area contributed by atoms with Gasteiger partial charge in [0.25, 0.3) is 0 Å². The third kappa shape index (κ3) is 7.11. The maximum absolute atomic E-state index is 6.16. The highest BCUT2D eigenvalue weighted by Gasteiger charge is 2.18. The quantitative estimate of drug-likeness (QED) is 0.354. The van der Waals surface area contributed by atoms with Crippen molar-refractivity contribution >= 4 is 0 Å². The molecular formula is C27H42N2O. The van der Waals surface area contributed by atoms with Gasteiger partial charge in [-0.3, -0.25) is 0 Å². The first-order valence-electron chi connectivity index (χ1n) is 12.0. The van der Waals surface area contributed by atoms with Crippen LogP contribution in [0.3, 0.4) is 0 Å². The molecule has 0 amide bonds. The maximum Gasteiger partial charge on any atom is 0.316 e.